The molecule has 1 aromatic rings. The van der Waals surface area contributed by atoms with Crippen LogP contribution in [0.5, 0.6) is 0 Å². The molecule has 1 aromatic carbocycles. The molecule has 0 saturated heterocycles. The van der Waals surface area contributed by atoms with E-state index < -0.39 is 9.84 Å². The zero-order chi connectivity index (χ0) is 14.3. The van der Waals surface area contributed by atoms with Crippen molar-refractivity contribution in [3.05, 3.63) is 30.3 Å². The third kappa shape index (κ3) is 5.20. The molecule has 108 valence electrons. The molecule has 0 aromatic heterocycles. The first-order chi connectivity index (χ1) is 8.97. The van der Waals surface area contributed by atoms with Gasteiger partial charge in [-0.2, -0.15) is 0 Å². The van der Waals surface area contributed by atoms with Crippen molar-refractivity contribution >= 4 is 15.5 Å². The maximum atomic E-state index is 11.9. The number of aliphatic hydroxyl groups is 1. The Morgan fingerprint density at radius 2 is 1.79 bits per heavy atom. The Labute approximate surface area is 116 Å². The summed E-state index contributed by atoms with van der Waals surface area (Å²) in [4.78, 5) is 2.01. The van der Waals surface area contributed by atoms with Crippen molar-refractivity contribution < 1.29 is 13.5 Å². The maximum Gasteiger partial charge on any atom is 0.154 e. The Morgan fingerprint density at radius 3 is 2.32 bits per heavy atom. The van der Waals surface area contributed by atoms with Gasteiger partial charge in [-0.05, 0) is 32.4 Å². The average molecular weight is 285 g/mol. The van der Waals surface area contributed by atoms with Crippen LogP contribution in [0.15, 0.2) is 30.3 Å². The molecule has 0 fully saturated rings. The molecule has 0 saturated carbocycles. The van der Waals surface area contributed by atoms with E-state index in [1.165, 1.54) is 0 Å². The first-order valence-electron chi connectivity index (χ1n) is 6.60. The van der Waals surface area contributed by atoms with Gasteiger partial charge in [-0.1, -0.05) is 18.2 Å². The number of anilines is 1. The second kappa shape index (κ2) is 7.50. The summed E-state index contributed by atoms with van der Waals surface area (Å²) in [5.74, 6) is 0.144. The summed E-state index contributed by atoms with van der Waals surface area (Å²) >= 11 is 0. The summed E-state index contributed by atoms with van der Waals surface area (Å²) in [5, 5.41) is 8.59. The quantitative estimate of drug-likeness (QED) is 0.790. The molecule has 19 heavy (non-hydrogen) atoms. The van der Waals surface area contributed by atoms with Gasteiger partial charge in [0.25, 0.3) is 0 Å². The fourth-order valence-corrected chi connectivity index (χ4v) is 2.69. The summed E-state index contributed by atoms with van der Waals surface area (Å²) < 4.78 is 23.7. The summed E-state index contributed by atoms with van der Waals surface area (Å²) in [6, 6.07) is 9.70. The minimum atomic E-state index is -3.03. The zero-order valence-electron chi connectivity index (χ0n) is 11.6. The molecular formula is C14H23NO3S. The summed E-state index contributed by atoms with van der Waals surface area (Å²) in [7, 11) is -3.03. The van der Waals surface area contributed by atoms with Crippen LogP contribution in [-0.2, 0) is 9.84 Å². The van der Waals surface area contributed by atoms with Gasteiger partial charge >= 0.3 is 0 Å². The normalized spacial score (nSPS) is 11.8. The van der Waals surface area contributed by atoms with E-state index in [9.17, 15) is 8.42 Å². The average Bonchev–Trinajstić information content (AvgIpc) is 2.39. The van der Waals surface area contributed by atoms with Crippen LogP contribution in [0.25, 0.3) is 0 Å². The monoisotopic (exact) mass is 285 g/mol. The predicted octanol–water partition coefficient (Wildman–Crippen LogP) is 1.70. The Bertz CT molecular complexity index is 457. The fourth-order valence-electron chi connectivity index (χ4n) is 1.74. The first kappa shape index (κ1) is 16.0. The van der Waals surface area contributed by atoms with Crippen LogP contribution in [0.2, 0.25) is 0 Å². The van der Waals surface area contributed by atoms with Gasteiger partial charge in [-0.25, -0.2) is 8.42 Å². The van der Waals surface area contributed by atoms with Gasteiger partial charge in [0.15, 0.2) is 9.84 Å². The molecule has 0 atom stereocenters. The summed E-state index contributed by atoms with van der Waals surface area (Å²) in [6.45, 7) is 4.64. The van der Waals surface area contributed by atoms with Gasteiger partial charge in [-0.3, -0.25) is 0 Å². The number of aliphatic hydroxyl groups excluding tert-OH is 1. The molecule has 0 aliphatic heterocycles. The van der Waals surface area contributed by atoms with Crippen molar-refractivity contribution in [2.45, 2.75) is 25.5 Å². The minimum absolute atomic E-state index is 0.111. The summed E-state index contributed by atoms with van der Waals surface area (Å²) in [6.07, 6.45) is 0.636. The molecule has 0 amide bonds. The van der Waals surface area contributed by atoms with Gasteiger partial charge < -0.3 is 10.0 Å². The molecule has 0 bridgehead atoms. The van der Waals surface area contributed by atoms with Crippen LogP contribution in [0.3, 0.4) is 0 Å². The SMILES string of the molecule is CC(C)S(=O)(=O)CCN(CCCO)c1ccccc1. The van der Waals surface area contributed by atoms with Crippen LogP contribution in [0.4, 0.5) is 5.69 Å². The van der Waals surface area contributed by atoms with Gasteiger partial charge in [0.1, 0.15) is 0 Å². The molecule has 1 rings (SSSR count). The lowest BCUT2D eigenvalue weighted by Crippen LogP contribution is -2.32. The van der Waals surface area contributed by atoms with E-state index in [0.29, 0.717) is 19.5 Å². The second-order valence-corrected chi connectivity index (χ2v) is 7.49. The molecule has 0 aliphatic rings. The number of rotatable bonds is 8. The standard InChI is InChI=1S/C14H23NO3S/c1-13(2)19(17,18)12-10-15(9-6-11-16)14-7-4-3-5-8-14/h3-5,7-8,13,16H,6,9-12H2,1-2H3. The lowest BCUT2D eigenvalue weighted by molar-refractivity contribution is 0.289. The Hall–Kier alpha value is -1.07. The number of benzene rings is 1. The molecule has 0 aliphatic carbocycles. The van der Waals surface area contributed by atoms with Gasteiger partial charge in [0, 0.05) is 25.4 Å². The van der Waals surface area contributed by atoms with E-state index in [4.69, 9.17) is 5.11 Å². The minimum Gasteiger partial charge on any atom is -0.396 e. The Balaban J connectivity index is 2.71. The number of sulfone groups is 1. The van der Waals surface area contributed by atoms with Gasteiger partial charge in [0.2, 0.25) is 0 Å². The molecule has 0 heterocycles. The van der Waals surface area contributed by atoms with Crippen molar-refractivity contribution in [2.75, 3.05) is 30.3 Å². The van der Waals surface area contributed by atoms with Crippen molar-refractivity contribution in [1.29, 1.82) is 0 Å². The topological polar surface area (TPSA) is 57.6 Å². The van der Waals surface area contributed by atoms with Crippen LogP contribution in [-0.4, -0.2) is 44.2 Å². The van der Waals surface area contributed by atoms with Crippen LogP contribution in [0, 0.1) is 0 Å². The highest BCUT2D eigenvalue weighted by molar-refractivity contribution is 7.92. The number of hydrogen-bond acceptors (Lipinski definition) is 4. The maximum absolute atomic E-state index is 11.9. The molecular weight excluding hydrogens is 262 g/mol. The molecule has 5 heteroatoms. The van der Waals surface area contributed by atoms with Gasteiger partial charge in [0.05, 0.1) is 11.0 Å². The number of hydrogen-bond donors (Lipinski definition) is 1. The predicted molar refractivity (Wildman–Crippen MR) is 79.3 cm³/mol. The van der Waals surface area contributed by atoms with E-state index in [1.807, 2.05) is 35.2 Å². The number of nitrogens with zero attached hydrogens (tertiary/aromatic N) is 1. The van der Waals surface area contributed by atoms with Crippen molar-refractivity contribution in [1.82, 2.24) is 0 Å². The Kier molecular flexibility index (Phi) is 6.31. The van der Waals surface area contributed by atoms with Crippen LogP contribution in [0.1, 0.15) is 20.3 Å². The number of para-hydroxylation sites is 1. The molecule has 1 N–H and O–H groups in total. The summed E-state index contributed by atoms with van der Waals surface area (Å²) in [5.41, 5.74) is 0.995. The second-order valence-electron chi connectivity index (χ2n) is 4.82. The molecule has 0 radical (unpaired) electrons. The highest BCUT2D eigenvalue weighted by atomic mass is 32.2. The van der Waals surface area contributed by atoms with E-state index in [-0.39, 0.29) is 17.6 Å². The van der Waals surface area contributed by atoms with Crippen LogP contribution >= 0.6 is 0 Å². The Morgan fingerprint density at radius 1 is 1.16 bits per heavy atom. The highest BCUT2D eigenvalue weighted by Gasteiger charge is 2.17. The molecule has 0 spiro atoms. The molecule has 4 nitrogen and oxygen atoms in total. The van der Waals surface area contributed by atoms with Crippen molar-refractivity contribution in [3.8, 4) is 0 Å². The fraction of sp³-hybridized carbons (Fsp3) is 0.571. The highest BCUT2D eigenvalue weighted by Crippen LogP contribution is 2.14. The van der Waals surface area contributed by atoms with Crippen molar-refractivity contribution in [3.63, 3.8) is 0 Å². The first-order valence-corrected chi connectivity index (χ1v) is 8.31. The van der Waals surface area contributed by atoms with E-state index in [1.54, 1.807) is 13.8 Å². The van der Waals surface area contributed by atoms with E-state index in [0.717, 1.165) is 5.69 Å². The smallest absolute Gasteiger partial charge is 0.154 e. The van der Waals surface area contributed by atoms with Crippen molar-refractivity contribution in [2.24, 2.45) is 0 Å². The third-order valence-corrected chi connectivity index (χ3v) is 5.26. The molecule has 0 unspecified atom stereocenters. The van der Waals surface area contributed by atoms with Crippen LogP contribution < -0.4 is 4.90 Å². The zero-order valence-corrected chi connectivity index (χ0v) is 12.4. The van der Waals surface area contributed by atoms with E-state index >= 15 is 0 Å². The van der Waals surface area contributed by atoms with Gasteiger partial charge in [-0.15, -0.1) is 0 Å². The largest absolute Gasteiger partial charge is 0.396 e. The van der Waals surface area contributed by atoms with E-state index in [2.05, 4.69) is 0 Å². The lowest BCUT2D eigenvalue weighted by Gasteiger charge is -2.25. The third-order valence-electron chi connectivity index (χ3n) is 3.07. The lowest BCUT2D eigenvalue weighted by atomic mass is 10.2.